The fourth-order valence-corrected chi connectivity index (χ4v) is 1.92. The van der Waals surface area contributed by atoms with E-state index >= 15 is 0 Å². The fraction of sp³-hybridized carbons (Fsp3) is 0.385. The number of alkyl halides is 3. The second kappa shape index (κ2) is 6.04. The topological polar surface area (TPSA) is 56.7 Å². The molecule has 0 amide bonds. The van der Waals surface area contributed by atoms with Crippen LogP contribution < -0.4 is 5.73 Å². The van der Waals surface area contributed by atoms with Gasteiger partial charge in [-0.1, -0.05) is 23.4 Å². The van der Waals surface area contributed by atoms with Crippen LogP contribution in [0.4, 0.5) is 13.2 Å². The maximum Gasteiger partial charge on any atom is 0.416 e. The molecule has 0 atom stereocenters. The Hall–Kier alpha value is -1.89. The molecule has 0 unspecified atom stereocenters. The normalized spacial score (nSPS) is 11.8. The summed E-state index contributed by atoms with van der Waals surface area (Å²) in [5, 5.41) is 7.76. The van der Waals surface area contributed by atoms with Gasteiger partial charge in [-0.15, -0.1) is 5.10 Å². The van der Waals surface area contributed by atoms with Crippen LogP contribution in [0.3, 0.4) is 0 Å². The number of aryl methyl sites for hydroxylation is 1. The van der Waals surface area contributed by atoms with Gasteiger partial charge in [0.25, 0.3) is 0 Å². The molecule has 0 fully saturated rings. The number of aromatic nitrogens is 3. The highest BCUT2D eigenvalue weighted by Crippen LogP contribution is 2.32. The molecular formula is C13H15F3N4. The zero-order chi connectivity index (χ0) is 14.6. The van der Waals surface area contributed by atoms with E-state index in [4.69, 9.17) is 5.73 Å². The molecule has 0 radical (unpaired) electrons. The number of nitrogens with two attached hydrogens (primary N) is 1. The standard InChI is InChI=1S/C13H15F3N4/c14-13(15,16)12-6-2-1-4-10(12)8-20-9-11(18-19-20)5-3-7-17/h1-2,4,6,9H,3,5,7-8,17H2. The Kier molecular flexibility index (Phi) is 4.39. The van der Waals surface area contributed by atoms with Crippen molar-refractivity contribution in [2.75, 3.05) is 6.54 Å². The Labute approximate surface area is 114 Å². The van der Waals surface area contributed by atoms with E-state index in [1.165, 1.54) is 16.8 Å². The smallest absolute Gasteiger partial charge is 0.330 e. The maximum absolute atomic E-state index is 12.9. The number of nitrogens with zero attached hydrogens (tertiary/aromatic N) is 3. The number of halogens is 3. The van der Waals surface area contributed by atoms with E-state index in [1.54, 1.807) is 12.3 Å². The van der Waals surface area contributed by atoms with Gasteiger partial charge >= 0.3 is 6.18 Å². The summed E-state index contributed by atoms with van der Waals surface area (Å²) in [6, 6.07) is 5.48. The summed E-state index contributed by atoms with van der Waals surface area (Å²) in [6.45, 7) is 0.592. The molecule has 0 saturated carbocycles. The molecule has 1 heterocycles. The average Bonchev–Trinajstić information content (AvgIpc) is 2.83. The van der Waals surface area contributed by atoms with Crippen molar-refractivity contribution in [2.45, 2.75) is 25.6 Å². The van der Waals surface area contributed by atoms with Gasteiger partial charge in [-0.3, -0.25) is 0 Å². The van der Waals surface area contributed by atoms with Crippen molar-refractivity contribution in [3.05, 3.63) is 47.3 Å². The molecule has 108 valence electrons. The predicted molar refractivity (Wildman–Crippen MR) is 67.9 cm³/mol. The summed E-state index contributed by atoms with van der Waals surface area (Å²) >= 11 is 0. The van der Waals surface area contributed by atoms with Gasteiger partial charge < -0.3 is 5.73 Å². The first kappa shape index (κ1) is 14.5. The van der Waals surface area contributed by atoms with Crippen molar-refractivity contribution in [1.29, 1.82) is 0 Å². The lowest BCUT2D eigenvalue weighted by Crippen LogP contribution is -2.11. The number of rotatable bonds is 5. The molecule has 1 aromatic carbocycles. The SMILES string of the molecule is NCCCc1cn(Cc2ccccc2C(F)(F)F)nn1. The molecule has 0 aliphatic rings. The Morgan fingerprint density at radius 2 is 1.95 bits per heavy atom. The van der Waals surface area contributed by atoms with Crippen LogP contribution in [0.2, 0.25) is 0 Å². The van der Waals surface area contributed by atoms with Crippen LogP contribution in [0.25, 0.3) is 0 Å². The summed E-state index contributed by atoms with van der Waals surface area (Å²) in [5.41, 5.74) is 5.67. The second-order valence-corrected chi connectivity index (χ2v) is 4.45. The lowest BCUT2D eigenvalue weighted by molar-refractivity contribution is -0.138. The summed E-state index contributed by atoms with van der Waals surface area (Å²) in [4.78, 5) is 0. The second-order valence-electron chi connectivity index (χ2n) is 4.45. The first-order valence-corrected chi connectivity index (χ1v) is 6.25. The summed E-state index contributed by atoms with van der Waals surface area (Å²) in [6.07, 6.45) is -1.25. The lowest BCUT2D eigenvalue weighted by atomic mass is 10.1. The van der Waals surface area contributed by atoms with Gasteiger partial charge in [0.05, 0.1) is 17.8 Å². The van der Waals surface area contributed by atoms with Crippen LogP contribution in [0, 0.1) is 0 Å². The Bertz CT molecular complexity index is 563. The van der Waals surface area contributed by atoms with E-state index in [2.05, 4.69) is 10.3 Å². The highest BCUT2D eigenvalue weighted by molar-refractivity contribution is 5.29. The Morgan fingerprint density at radius 1 is 1.20 bits per heavy atom. The molecule has 0 spiro atoms. The first-order chi connectivity index (χ1) is 9.50. The Balaban J connectivity index is 2.16. The van der Waals surface area contributed by atoms with Gasteiger partial charge in [0, 0.05) is 6.20 Å². The van der Waals surface area contributed by atoms with Crippen LogP contribution in [0.1, 0.15) is 23.2 Å². The zero-order valence-corrected chi connectivity index (χ0v) is 10.8. The molecule has 0 saturated heterocycles. The van der Waals surface area contributed by atoms with Crippen molar-refractivity contribution < 1.29 is 13.2 Å². The molecule has 0 aliphatic heterocycles. The van der Waals surface area contributed by atoms with Crippen molar-refractivity contribution in [1.82, 2.24) is 15.0 Å². The van der Waals surface area contributed by atoms with E-state index in [-0.39, 0.29) is 12.1 Å². The molecular weight excluding hydrogens is 269 g/mol. The minimum atomic E-state index is -4.36. The van der Waals surface area contributed by atoms with Gasteiger partial charge in [0.1, 0.15) is 0 Å². The molecule has 0 bridgehead atoms. The number of hydrogen-bond donors (Lipinski definition) is 1. The van der Waals surface area contributed by atoms with Gasteiger partial charge in [-0.25, -0.2) is 4.68 Å². The fourth-order valence-electron chi connectivity index (χ4n) is 1.92. The third-order valence-corrected chi connectivity index (χ3v) is 2.88. The molecule has 1 aromatic heterocycles. The van der Waals surface area contributed by atoms with Crippen LogP contribution >= 0.6 is 0 Å². The van der Waals surface area contributed by atoms with E-state index in [1.807, 2.05) is 0 Å². The third-order valence-electron chi connectivity index (χ3n) is 2.88. The summed E-state index contributed by atoms with van der Waals surface area (Å²) < 4.78 is 40.0. The van der Waals surface area contributed by atoms with Crippen molar-refractivity contribution >= 4 is 0 Å². The highest BCUT2D eigenvalue weighted by Gasteiger charge is 2.32. The van der Waals surface area contributed by atoms with Crippen molar-refractivity contribution in [3.63, 3.8) is 0 Å². The molecule has 2 rings (SSSR count). The van der Waals surface area contributed by atoms with E-state index in [9.17, 15) is 13.2 Å². The summed E-state index contributed by atoms with van der Waals surface area (Å²) in [5.74, 6) is 0. The monoisotopic (exact) mass is 284 g/mol. The molecule has 2 aromatic rings. The van der Waals surface area contributed by atoms with Crippen LogP contribution in [0.15, 0.2) is 30.5 Å². The van der Waals surface area contributed by atoms with Crippen LogP contribution in [-0.4, -0.2) is 21.5 Å². The quantitative estimate of drug-likeness (QED) is 0.916. The largest absolute Gasteiger partial charge is 0.416 e. The molecule has 0 aliphatic carbocycles. The van der Waals surface area contributed by atoms with Gasteiger partial charge in [0.15, 0.2) is 0 Å². The van der Waals surface area contributed by atoms with E-state index in [0.29, 0.717) is 13.0 Å². The first-order valence-electron chi connectivity index (χ1n) is 6.25. The minimum Gasteiger partial charge on any atom is -0.330 e. The number of hydrogen-bond acceptors (Lipinski definition) is 3. The average molecular weight is 284 g/mol. The third kappa shape index (κ3) is 3.57. The summed E-state index contributed by atoms with van der Waals surface area (Å²) in [7, 11) is 0. The van der Waals surface area contributed by atoms with Crippen LogP contribution in [0.5, 0.6) is 0 Å². The maximum atomic E-state index is 12.9. The molecule has 4 nitrogen and oxygen atoms in total. The van der Waals surface area contributed by atoms with Gasteiger partial charge in [-0.2, -0.15) is 13.2 Å². The number of benzene rings is 1. The zero-order valence-electron chi connectivity index (χ0n) is 10.8. The van der Waals surface area contributed by atoms with Gasteiger partial charge in [0.2, 0.25) is 0 Å². The van der Waals surface area contributed by atoms with Crippen molar-refractivity contribution in [2.24, 2.45) is 5.73 Å². The molecule has 20 heavy (non-hydrogen) atoms. The highest BCUT2D eigenvalue weighted by atomic mass is 19.4. The van der Waals surface area contributed by atoms with E-state index in [0.717, 1.165) is 18.2 Å². The lowest BCUT2D eigenvalue weighted by Gasteiger charge is -2.12. The van der Waals surface area contributed by atoms with Crippen molar-refractivity contribution in [3.8, 4) is 0 Å². The van der Waals surface area contributed by atoms with Gasteiger partial charge in [-0.05, 0) is 31.0 Å². The molecule has 7 heteroatoms. The van der Waals surface area contributed by atoms with Crippen LogP contribution in [-0.2, 0) is 19.1 Å². The Morgan fingerprint density at radius 3 is 2.65 bits per heavy atom. The predicted octanol–water partition coefficient (Wildman–Crippen LogP) is 2.24. The van der Waals surface area contributed by atoms with E-state index < -0.39 is 11.7 Å². The molecule has 2 N–H and O–H groups in total. The minimum absolute atomic E-state index is 0.0469.